The minimum absolute atomic E-state index is 0.311. The first-order valence-corrected chi connectivity index (χ1v) is 10.2. The molecule has 1 N–H and O–H groups in total. The van der Waals surface area contributed by atoms with E-state index >= 15 is 0 Å². The van der Waals surface area contributed by atoms with Crippen molar-refractivity contribution in [3.63, 3.8) is 0 Å². The summed E-state index contributed by atoms with van der Waals surface area (Å²) in [6.07, 6.45) is 1.41. The van der Waals surface area contributed by atoms with E-state index in [-0.39, 0.29) is 5.91 Å². The van der Waals surface area contributed by atoms with Crippen LogP contribution in [-0.4, -0.2) is 18.1 Å². The summed E-state index contributed by atoms with van der Waals surface area (Å²) in [5, 5.41) is 4.50. The lowest BCUT2D eigenvalue weighted by atomic mass is 10.2. The van der Waals surface area contributed by atoms with Gasteiger partial charge in [-0.15, -0.1) is 0 Å². The number of ether oxygens (including phenoxy) is 1. The summed E-state index contributed by atoms with van der Waals surface area (Å²) in [7, 11) is 0. The van der Waals surface area contributed by atoms with Crippen molar-refractivity contribution >= 4 is 61.6 Å². The fourth-order valence-electron chi connectivity index (χ4n) is 2.28. The van der Waals surface area contributed by atoms with Crippen LogP contribution < -0.4 is 10.2 Å². The molecule has 3 rings (SSSR count). The zero-order valence-corrected chi connectivity index (χ0v) is 18.7. The molecule has 0 radical (unpaired) electrons. The molecule has 0 aliphatic carbocycles. The summed E-state index contributed by atoms with van der Waals surface area (Å²) >= 11 is 12.5. The summed E-state index contributed by atoms with van der Waals surface area (Å²) in [4.78, 5) is 24.5. The van der Waals surface area contributed by atoms with Crippen molar-refractivity contribution in [3.8, 4) is 5.75 Å². The van der Waals surface area contributed by atoms with E-state index in [1.165, 1.54) is 6.21 Å². The van der Waals surface area contributed by atoms with Gasteiger partial charge in [0.1, 0.15) is 5.75 Å². The van der Waals surface area contributed by atoms with Gasteiger partial charge in [0.2, 0.25) is 0 Å². The second-order valence-electron chi connectivity index (χ2n) is 5.78. The fraction of sp³-hybridized carbons (Fsp3) is 0. The first-order valence-electron chi connectivity index (χ1n) is 8.28. The van der Waals surface area contributed by atoms with Gasteiger partial charge in [0.05, 0.1) is 11.8 Å². The normalized spacial score (nSPS) is 10.7. The Kier molecular flexibility index (Phi) is 7.19. The lowest BCUT2D eigenvalue weighted by Crippen LogP contribution is -2.17. The van der Waals surface area contributed by atoms with Crippen molar-refractivity contribution < 1.29 is 14.3 Å². The molecule has 0 saturated heterocycles. The Hall–Kier alpha value is -2.48. The summed E-state index contributed by atoms with van der Waals surface area (Å²) < 4.78 is 7.12. The Morgan fingerprint density at radius 1 is 0.897 bits per heavy atom. The van der Waals surface area contributed by atoms with E-state index in [4.69, 9.17) is 16.3 Å². The van der Waals surface area contributed by atoms with Gasteiger partial charge in [-0.25, -0.2) is 10.2 Å². The Labute approximate surface area is 189 Å². The fourth-order valence-corrected chi connectivity index (χ4v) is 3.05. The highest BCUT2D eigenvalue weighted by molar-refractivity contribution is 9.10. The topological polar surface area (TPSA) is 67.8 Å². The third-order valence-corrected chi connectivity index (χ3v) is 5.00. The lowest BCUT2D eigenvalue weighted by molar-refractivity contribution is 0.0734. The quantitative estimate of drug-likeness (QED) is 0.193. The molecular weight excluding hydrogens is 524 g/mol. The summed E-state index contributed by atoms with van der Waals surface area (Å²) in [6, 6.07) is 18.4. The third kappa shape index (κ3) is 6.00. The van der Waals surface area contributed by atoms with Crippen LogP contribution in [0.4, 0.5) is 0 Å². The van der Waals surface area contributed by atoms with Crippen LogP contribution in [0.1, 0.15) is 26.3 Å². The number of nitrogens with zero attached hydrogens (tertiary/aromatic N) is 1. The Bertz CT molecular complexity index is 1070. The van der Waals surface area contributed by atoms with E-state index in [0.717, 1.165) is 8.95 Å². The number of halogens is 3. The van der Waals surface area contributed by atoms with Gasteiger partial charge < -0.3 is 4.74 Å². The average molecular weight is 537 g/mol. The van der Waals surface area contributed by atoms with Gasteiger partial charge >= 0.3 is 5.97 Å². The minimum Gasteiger partial charge on any atom is -0.422 e. The van der Waals surface area contributed by atoms with Crippen molar-refractivity contribution in [2.45, 2.75) is 0 Å². The molecule has 146 valence electrons. The predicted octanol–water partition coefficient (Wildman–Crippen LogP) is 5.85. The predicted molar refractivity (Wildman–Crippen MR) is 120 cm³/mol. The van der Waals surface area contributed by atoms with E-state index in [9.17, 15) is 9.59 Å². The number of esters is 1. The zero-order valence-electron chi connectivity index (χ0n) is 14.7. The van der Waals surface area contributed by atoms with Crippen molar-refractivity contribution in [3.05, 3.63) is 97.4 Å². The maximum Gasteiger partial charge on any atom is 0.343 e. The summed E-state index contributed by atoms with van der Waals surface area (Å²) in [6.45, 7) is 0. The number of hydrazone groups is 1. The molecule has 0 atom stereocenters. The van der Waals surface area contributed by atoms with Gasteiger partial charge in [-0.2, -0.15) is 5.10 Å². The van der Waals surface area contributed by atoms with E-state index < -0.39 is 5.97 Å². The monoisotopic (exact) mass is 534 g/mol. The summed E-state index contributed by atoms with van der Waals surface area (Å²) in [5.74, 6) is -0.577. The highest BCUT2D eigenvalue weighted by Crippen LogP contribution is 2.23. The van der Waals surface area contributed by atoms with Crippen molar-refractivity contribution in [1.29, 1.82) is 0 Å². The highest BCUT2D eigenvalue weighted by atomic mass is 79.9. The maximum absolute atomic E-state index is 12.4. The molecule has 5 nitrogen and oxygen atoms in total. The largest absolute Gasteiger partial charge is 0.422 e. The first-order chi connectivity index (χ1) is 13.9. The molecule has 0 bridgehead atoms. The van der Waals surface area contributed by atoms with Crippen LogP contribution in [0, 0.1) is 0 Å². The Morgan fingerprint density at radius 2 is 1.52 bits per heavy atom. The number of hydrogen-bond acceptors (Lipinski definition) is 4. The van der Waals surface area contributed by atoms with Crippen LogP contribution in [0.2, 0.25) is 5.02 Å². The Morgan fingerprint density at radius 3 is 2.21 bits per heavy atom. The smallest absolute Gasteiger partial charge is 0.343 e. The number of carbonyl (C=O) groups is 2. The van der Waals surface area contributed by atoms with Gasteiger partial charge in [-0.1, -0.05) is 43.5 Å². The molecule has 1 amide bonds. The van der Waals surface area contributed by atoms with Crippen LogP contribution in [0.5, 0.6) is 5.75 Å². The van der Waals surface area contributed by atoms with E-state index in [1.54, 1.807) is 66.7 Å². The average Bonchev–Trinajstić information content (AvgIpc) is 2.70. The van der Waals surface area contributed by atoms with Gasteiger partial charge in [0.15, 0.2) is 0 Å². The van der Waals surface area contributed by atoms with E-state index in [1.807, 2.05) is 0 Å². The van der Waals surface area contributed by atoms with Crippen LogP contribution in [0.3, 0.4) is 0 Å². The molecule has 3 aromatic rings. The molecule has 0 unspecified atom stereocenters. The first kappa shape index (κ1) is 21.2. The van der Waals surface area contributed by atoms with Crippen molar-refractivity contribution in [1.82, 2.24) is 5.43 Å². The lowest BCUT2D eigenvalue weighted by Gasteiger charge is -2.08. The number of benzene rings is 3. The second-order valence-corrected chi connectivity index (χ2v) is 8.05. The molecule has 0 heterocycles. The minimum atomic E-state index is -0.500. The molecule has 0 aromatic heterocycles. The second kappa shape index (κ2) is 9.82. The van der Waals surface area contributed by atoms with Crippen LogP contribution >= 0.6 is 43.5 Å². The SMILES string of the molecule is O=C(NN=Cc1cc(Br)ccc1OC(=O)c1ccc(Br)cc1)c1ccc(Cl)cc1. The zero-order chi connectivity index (χ0) is 20.8. The third-order valence-electron chi connectivity index (χ3n) is 3.73. The highest BCUT2D eigenvalue weighted by Gasteiger charge is 2.12. The molecule has 0 aliphatic heterocycles. The molecule has 29 heavy (non-hydrogen) atoms. The van der Waals surface area contributed by atoms with Crippen LogP contribution in [-0.2, 0) is 0 Å². The number of nitrogens with one attached hydrogen (secondary N) is 1. The number of rotatable bonds is 5. The molecular formula is C21H13Br2ClN2O3. The summed E-state index contributed by atoms with van der Waals surface area (Å²) in [5.41, 5.74) is 3.78. The molecule has 8 heteroatoms. The molecule has 0 spiro atoms. The maximum atomic E-state index is 12.4. The number of amides is 1. The van der Waals surface area contributed by atoms with Gasteiger partial charge in [0, 0.05) is 25.1 Å². The van der Waals surface area contributed by atoms with Gasteiger partial charge in [-0.05, 0) is 66.7 Å². The Balaban J connectivity index is 1.73. The molecule has 3 aromatic carbocycles. The molecule has 0 fully saturated rings. The van der Waals surface area contributed by atoms with Crippen LogP contribution in [0.25, 0.3) is 0 Å². The molecule has 0 aliphatic rings. The van der Waals surface area contributed by atoms with Gasteiger partial charge in [-0.3, -0.25) is 4.79 Å². The molecule has 0 saturated carbocycles. The van der Waals surface area contributed by atoms with E-state index in [0.29, 0.717) is 27.5 Å². The van der Waals surface area contributed by atoms with E-state index in [2.05, 4.69) is 42.4 Å². The van der Waals surface area contributed by atoms with Crippen molar-refractivity contribution in [2.75, 3.05) is 0 Å². The van der Waals surface area contributed by atoms with Gasteiger partial charge in [0.25, 0.3) is 5.91 Å². The number of carbonyl (C=O) groups excluding carboxylic acids is 2. The van der Waals surface area contributed by atoms with Crippen molar-refractivity contribution in [2.24, 2.45) is 5.10 Å². The van der Waals surface area contributed by atoms with Crippen LogP contribution in [0.15, 0.2) is 80.8 Å². The standard InChI is InChI=1S/C21H13Br2ClN2O3/c22-16-5-1-14(2-6-16)21(28)29-19-10-7-17(23)11-15(19)12-25-26-20(27)13-3-8-18(24)9-4-13/h1-12H,(H,26,27). The number of hydrogen-bond donors (Lipinski definition) is 1.